The quantitative estimate of drug-likeness (QED) is 0.656. The molecule has 1 aliphatic heterocycles. The van der Waals surface area contributed by atoms with Gasteiger partial charge in [-0.05, 0) is 54.1 Å². The van der Waals surface area contributed by atoms with Crippen molar-refractivity contribution in [1.82, 2.24) is 15.1 Å². The fraction of sp³-hybridized carbons (Fsp3) is 0.345. The van der Waals surface area contributed by atoms with E-state index >= 15 is 0 Å². The summed E-state index contributed by atoms with van der Waals surface area (Å²) in [6.45, 7) is 3.32. The lowest BCUT2D eigenvalue weighted by molar-refractivity contribution is -0.135. The van der Waals surface area contributed by atoms with Crippen LogP contribution in [0, 0.1) is 0 Å². The molecule has 1 N–H and O–H groups in total. The predicted molar refractivity (Wildman–Crippen MR) is 133 cm³/mol. The van der Waals surface area contributed by atoms with Gasteiger partial charge in [0.2, 0.25) is 5.91 Å². The van der Waals surface area contributed by atoms with Gasteiger partial charge in [0.05, 0.1) is 12.1 Å². The van der Waals surface area contributed by atoms with Gasteiger partial charge in [-0.2, -0.15) is 0 Å². The van der Waals surface area contributed by atoms with Crippen LogP contribution in [0.1, 0.15) is 33.9 Å². The first-order valence-corrected chi connectivity index (χ1v) is 12.1. The number of fused-ring (bicyclic) bond motifs is 2. The second-order valence-electron chi connectivity index (χ2n) is 9.19. The van der Waals surface area contributed by atoms with Crippen LogP contribution in [-0.2, 0) is 24.1 Å². The molecule has 1 saturated heterocycles. The van der Waals surface area contributed by atoms with Gasteiger partial charge >= 0.3 is 0 Å². The third-order valence-electron chi connectivity index (χ3n) is 7.28. The van der Waals surface area contributed by atoms with Gasteiger partial charge in [-0.15, -0.1) is 0 Å². The van der Waals surface area contributed by atoms with Gasteiger partial charge < -0.3 is 10.2 Å². The predicted octanol–water partition coefficient (Wildman–Crippen LogP) is 3.85. The zero-order valence-corrected chi connectivity index (χ0v) is 19.4. The molecule has 0 aromatic heterocycles. The maximum atomic E-state index is 13.3. The van der Waals surface area contributed by atoms with E-state index in [1.54, 1.807) is 0 Å². The average molecular weight is 440 g/mol. The summed E-state index contributed by atoms with van der Waals surface area (Å²) in [6.07, 6.45) is 2.90. The lowest BCUT2D eigenvalue weighted by Crippen LogP contribution is -2.54. The van der Waals surface area contributed by atoms with Crippen molar-refractivity contribution in [2.45, 2.75) is 31.3 Å². The number of piperazine rings is 1. The topological polar surface area (TPSA) is 35.6 Å². The first-order valence-electron chi connectivity index (χ1n) is 12.1. The summed E-state index contributed by atoms with van der Waals surface area (Å²) in [5.74, 6) is 0.211. The number of hydrogen-bond acceptors (Lipinski definition) is 3. The van der Waals surface area contributed by atoms with E-state index in [0.29, 0.717) is 0 Å². The third kappa shape index (κ3) is 4.59. The van der Waals surface area contributed by atoms with E-state index in [9.17, 15) is 4.79 Å². The molecule has 1 atom stereocenters. The maximum Gasteiger partial charge on any atom is 0.240 e. The number of aryl methyl sites for hydroxylation is 2. The Kier molecular flexibility index (Phi) is 6.56. The third-order valence-corrected chi connectivity index (χ3v) is 7.28. The molecule has 0 bridgehead atoms. The smallest absolute Gasteiger partial charge is 0.240 e. The Morgan fingerprint density at radius 3 is 1.94 bits per heavy atom. The molecule has 1 fully saturated rings. The number of nitrogens with one attached hydrogen (secondary N) is 1. The fourth-order valence-electron chi connectivity index (χ4n) is 5.47. The van der Waals surface area contributed by atoms with Gasteiger partial charge in [-0.3, -0.25) is 9.69 Å². The Morgan fingerprint density at radius 1 is 0.818 bits per heavy atom. The molecule has 0 saturated carbocycles. The maximum absolute atomic E-state index is 13.3. The summed E-state index contributed by atoms with van der Waals surface area (Å²) >= 11 is 0. The van der Waals surface area contributed by atoms with Crippen LogP contribution in [-0.4, -0.2) is 55.0 Å². The molecular weight excluding hydrogens is 406 g/mol. The summed E-state index contributed by atoms with van der Waals surface area (Å²) in [6, 6.07) is 28.2. The standard InChI is InChI=1S/C29H33N3O/c1-30-27(21-22-9-3-2-4-10-22)29(33)32-19-17-31(18-20-32)28-25-13-7-5-11-23(25)15-16-24-12-6-8-14-26(24)28/h2-14,27-28,30H,15-21H2,1H3. The summed E-state index contributed by atoms with van der Waals surface area (Å²) in [5, 5.41) is 3.25. The minimum Gasteiger partial charge on any atom is -0.339 e. The van der Waals surface area contributed by atoms with E-state index in [1.165, 1.54) is 27.8 Å². The molecule has 3 aromatic carbocycles. The lowest BCUT2D eigenvalue weighted by atomic mass is 9.92. The normalized spacial score (nSPS) is 17.7. The van der Waals surface area contributed by atoms with Crippen LogP contribution in [0.5, 0.6) is 0 Å². The van der Waals surface area contributed by atoms with Crippen LogP contribution < -0.4 is 5.32 Å². The molecule has 1 heterocycles. The number of rotatable bonds is 5. The Bertz CT molecular complexity index is 1040. The molecular formula is C29H33N3O. The second-order valence-corrected chi connectivity index (χ2v) is 9.19. The summed E-state index contributed by atoms with van der Waals surface area (Å²) in [4.78, 5) is 17.9. The molecule has 4 nitrogen and oxygen atoms in total. The number of hydrogen-bond donors (Lipinski definition) is 1. The molecule has 3 aromatic rings. The zero-order valence-electron chi connectivity index (χ0n) is 19.4. The Hall–Kier alpha value is -2.95. The van der Waals surface area contributed by atoms with Gasteiger partial charge in [0.1, 0.15) is 0 Å². The van der Waals surface area contributed by atoms with Crippen molar-refractivity contribution in [3.05, 3.63) is 107 Å². The van der Waals surface area contributed by atoms with Crippen LogP contribution in [0.2, 0.25) is 0 Å². The van der Waals surface area contributed by atoms with Crippen LogP contribution in [0.15, 0.2) is 78.9 Å². The van der Waals surface area contributed by atoms with Crippen LogP contribution in [0.4, 0.5) is 0 Å². The number of likely N-dealkylation sites (N-methyl/N-ethyl adjacent to an activating group) is 1. The van der Waals surface area contributed by atoms with Crippen molar-refractivity contribution in [3.63, 3.8) is 0 Å². The van der Waals surface area contributed by atoms with Gasteiger partial charge in [-0.1, -0.05) is 78.9 Å². The molecule has 2 aliphatic rings. The first-order chi connectivity index (χ1) is 16.2. The van der Waals surface area contributed by atoms with Gasteiger partial charge in [0.15, 0.2) is 0 Å². The van der Waals surface area contributed by atoms with E-state index in [2.05, 4.69) is 75.8 Å². The summed E-state index contributed by atoms with van der Waals surface area (Å²) in [5.41, 5.74) is 6.96. The van der Waals surface area contributed by atoms with Gasteiger partial charge in [0, 0.05) is 26.2 Å². The summed E-state index contributed by atoms with van der Waals surface area (Å²) in [7, 11) is 1.89. The van der Waals surface area contributed by atoms with Crippen molar-refractivity contribution < 1.29 is 4.79 Å². The number of carbonyl (C=O) groups excluding carboxylic acids is 1. The van der Waals surface area contributed by atoms with Crippen molar-refractivity contribution in [2.24, 2.45) is 0 Å². The highest BCUT2D eigenvalue weighted by Gasteiger charge is 2.33. The Labute approximate surface area is 197 Å². The fourth-order valence-corrected chi connectivity index (χ4v) is 5.47. The molecule has 170 valence electrons. The molecule has 1 unspecified atom stereocenters. The van der Waals surface area contributed by atoms with E-state index < -0.39 is 0 Å². The zero-order chi connectivity index (χ0) is 22.6. The molecule has 4 heteroatoms. The number of nitrogens with zero attached hydrogens (tertiary/aromatic N) is 2. The largest absolute Gasteiger partial charge is 0.339 e. The lowest BCUT2D eigenvalue weighted by Gasteiger charge is -2.41. The van der Waals surface area contributed by atoms with Crippen LogP contribution in [0.3, 0.4) is 0 Å². The second kappa shape index (κ2) is 9.90. The molecule has 5 rings (SSSR count). The van der Waals surface area contributed by atoms with Crippen LogP contribution >= 0.6 is 0 Å². The highest BCUT2D eigenvalue weighted by Crippen LogP contribution is 2.37. The monoisotopic (exact) mass is 439 g/mol. The number of amides is 1. The van der Waals surface area contributed by atoms with E-state index in [1.807, 2.05) is 25.2 Å². The minimum atomic E-state index is -0.182. The Morgan fingerprint density at radius 2 is 1.36 bits per heavy atom. The number of carbonyl (C=O) groups is 1. The van der Waals surface area contributed by atoms with Crippen molar-refractivity contribution in [2.75, 3.05) is 33.2 Å². The summed E-state index contributed by atoms with van der Waals surface area (Å²) < 4.78 is 0. The van der Waals surface area contributed by atoms with Crippen molar-refractivity contribution in [1.29, 1.82) is 0 Å². The minimum absolute atomic E-state index is 0.182. The molecule has 33 heavy (non-hydrogen) atoms. The molecule has 0 spiro atoms. The first kappa shape index (κ1) is 21.9. The average Bonchev–Trinajstić information content (AvgIpc) is 3.04. The Balaban J connectivity index is 1.32. The van der Waals surface area contributed by atoms with E-state index in [0.717, 1.165) is 45.4 Å². The molecule has 1 aliphatic carbocycles. The SMILES string of the molecule is CNC(Cc1ccccc1)C(=O)N1CCN(C2c3ccccc3CCc3ccccc32)CC1. The van der Waals surface area contributed by atoms with E-state index in [4.69, 9.17) is 0 Å². The van der Waals surface area contributed by atoms with Crippen molar-refractivity contribution in [3.8, 4) is 0 Å². The van der Waals surface area contributed by atoms with E-state index in [-0.39, 0.29) is 18.0 Å². The molecule has 0 radical (unpaired) electrons. The van der Waals surface area contributed by atoms with Gasteiger partial charge in [0.25, 0.3) is 0 Å². The molecule has 1 amide bonds. The van der Waals surface area contributed by atoms with Gasteiger partial charge in [-0.25, -0.2) is 0 Å². The highest BCUT2D eigenvalue weighted by atomic mass is 16.2. The van der Waals surface area contributed by atoms with Crippen LogP contribution in [0.25, 0.3) is 0 Å². The van der Waals surface area contributed by atoms with Crippen molar-refractivity contribution >= 4 is 5.91 Å². The number of benzene rings is 3. The highest BCUT2D eigenvalue weighted by molar-refractivity contribution is 5.82.